The first-order valence-corrected chi connectivity index (χ1v) is 11.3. The van der Waals surface area contributed by atoms with Gasteiger partial charge >= 0.3 is 0 Å². The third-order valence-electron chi connectivity index (χ3n) is 4.51. The number of ether oxygens (including phenoxy) is 2. The molecule has 0 unspecified atom stereocenters. The number of rotatable bonds is 7. The fourth-order valence-electron chi connectivity index (χ4n) is 2.70. The van der Waals surface area contributed by atoms with Crippen molar-refractivity contribution >= 4 is 27.3 Å². The lowest BCUT2D eigenvalue weighted by atomic mass is 10.1. The molecule has 9 heteroatoms. The van der Waals surface area contributed by atoms with Crippen LogP contribution in [0.4, 0.5) is 0 Å². The van der Waals surface area contributed by atoms with Crippen molar-refractivity contribution in [1.82, 2.24) is 9.62 Å². The molecule has 1 aliphatic rings. The topological polar surface area (TPSA) is 84.9 Å². The predicted octanol–water partition coefficient (Wildman–Crippen LogP) is 2.08. The first-order chi connectivity index (χ1) is 13.4. The summed E-state index contributed by atoms with van der Waals surface area (Å²) in [6.07, 6.45) is 0. The van der Waals surface area contributed by atoms with E-state index in [0.29, 0.717) is 32.1 Å². The third-order valence-corrected chi connectivity index (χ3v) is 7.96. The molecule has 3 rings (SSSR count). The second kappa shape index (κ2) is 9.04. The highest BCUT2D eigenvalue weighted by molar-refractivity contribution is 7.91. The van der Waals surface area contributed by atoms with E-state index in [4.69, 9.17) is 9.47 Å². The summed E-state index contributed by atoms with van der Waals surface area (Å²) < 4.78 is 37.7. The molecule has 1 N–H and O–H groups in total. The molecule has 1 aromatic heterocycles. The van der Waals surface area contributed by atoms with Gasteiger partial charge in [-0.25, -0.2) is 8.42 Å². The zero-order valence-electron chi connectivity index (χ0n) is 15.9. The zero-order chi connectivity index (χ0) is 20.1. The highest BCUT2D eigenvalue weighted by Gasteiger charge is 2.27. The number of thiophene rings is 1. The molecule has 0 saturated carbocycles. The maximum atomic E-state index is 12.6. The summed E-state index contributed by atoms with van der Waals surface area (Å²) in [7, 11) is -3.50. The molecule has 0 atom stereocenters. The molecule has 28 heavy (non-hydrogen) atoms. The lowest BCUT2D eigenvalue weighted by Gasteiger charge is -2.25. The molecule has 1 saturated heterocycles. The molecule has 0 bridgehead atoms. The highest BCUT2D eigenvalue weighted by atomic mass is 32.2. The van der Waals surface area contributed by atoms with Gasteiger partial charge in [-0.3, -0.25) is 4.79 Å². The molecule has 0 radical (unpaired) electrons. The molecule has 1 fully saturated rings. The third kappa shape index (κ3) is 5.11. The number of morpholine rings is 1. The van der Waals surface area contributed by atoms with Crippen molar-refractivity contribution in [3.63, 3.8) is 0 Å². The van der Waals surface area contributed by atoms with Crippen LogP contribution in [-0.4, -0.2) is 51.5 Å². The summed E-state index contributed by atoms with van der Waals surface area (Å²) in [6, 6.07) is 8.98. The molecule has 1 amide bonds. The minimum Gasteiger partial charge on any atom is -0.484 e. The standard InChI is InChI=1S/C19H24N2O5S2/c1-14-3-4-16(11-15(14)2)26-13-18(22)20-12-17-5-6-19(27-17)28(23,24)21-7-9-25-10-8-21/h3-6,11H,7-10,12-13H2,1-2H3,(H,20,22). The quantitative estimate of drug-likeness (QED) is 0.736. The van der Waals surface area contributed by atoms with E-state index in [2.05, 4.69) is 5.32 Å². The molecule has 0 spiro atoms. The van der Waals surface area contributed by atoms with Gasteiger partial charge in [-0.15, -0.1) is 11.3 Å². The van der Waals surface area contributed by atoms with Gasteiger partial charge in [0.2, 0.25) is 0 Å². The number of benzene rings is 1. The van der Waals surface area contributed by atoms with Gasteiger partial charge in [-0.05, 0) is 49.2 Å². The Morgan fingerprint density at radius 3 is 2.64 bits per heavy atom. The Bertz CT molecular complexity index is 934. The van der Waals surface area contributed by atoms with Crippen LogP contribution in [0.5, 0.6) is 5.75 Å². The minimum atomic E-state index is -3.50. The molecule has 2 heterocycles. The molecular formula is C19H24N2O5S2. The number of carbonyl (C=O) groups is 1. The zero-order valence-corrected chi connectivity index (χ0v) is 17.6. The average Bonchev–Trinajstić information content (AvgIpc) is 3.18. The SMILES string of the molecule is Cc1ccc(OCC(=O)NCc2ccc(S(=O)(=O)N3CCOCC3)s2)cc1C. The van der Waals surface area contributed by atoms with Crippen molar-refractivity contribution in [2.45, 2.75) is 24.6 Å². The Morgan fingerprint density at radius 1 is 1.18 bits per heavy atom. The smallest absolute Gasteiger partial charge is 0.258 e. The summed E-state index contributed by atoms with van der Waals surface area (Å²) in [5, 5.41) is 2.76. The molecular weight excluding hydrogens is 400 g/mol. The van der Waals surface area contributed by atoms with Gasteiger partial charge < -0.3 is 14.8 Å². The first-order valence-electron chi connectivity index (χ1n) is 8.99. The van der Waals surface area contributed by atoms with Gasteiger partial charge in [0, 0.05) is 18.0 Å². The van der Waals surface area contributed by atoms with E-state index in [9.17, 15) is 13.2 Å². The molecule has 152 valence electrons. The van der Waals surface area contributed by atoms with Crippen LogP contribution in [0, 0.1) is 13.8 Å². The van der Waals surface area contributed by atoms with Crippen LogP contribution in [0.15, 0.2) is 34.5 Å². The van der Waals surface area contributed by atoms with Crippen LogP contribution in [-0.2, 0) is 26.1 Å². The van der Waals surface area contributed by atoms with E-state index in [-0.39, 0.29) is 23.3 Å². The molecule has 7 nitrogen and oxygen atoms in total. The Kier molecular flexibility index (Phi) is 6.71. The summed E-state index contributed by atoms with van der Waals surface area (Å²) in [4.78, 5) is 12.8. The van der Waals surface area contributed by atoms with Crippen LogP contribution < -0.4 is 10.1 Å². The Balaban J connectivity index is 1.51. The van der Waals surface area contributed by atoms with E-state index in [0.717, 1.165) is 16.0 Å². The van der Waals surface area contributed by atoms with E-state index in [1.807, 2.05) is 32.0 Å². The summed E-state index contributed by atoms with van der Waals surface area (Å²) in [6.45, 7) is 5.72. The number of carbonyl (C=O) groups excluding carboxylic acids is 1. The number of nitrogens with one attached hydrogen (secondary N) is 1. The van der Waals surface area contributed by atoms with Crippen LogP contribution in [0.25, 0.3) is 0 Å². The fourth-order valence-corrected chi connectivity index (χ4v) is 5.55. The molecule has 0 aliphatic carbocycles. The summed E-state index contributed by atoms with van der Waals surface area (Å²) in [5.74, 6) is 0.387. The highest BCUT2D eigenvalue weighted by Crippen LogP contribution is 2.25. The van der Waals surface area contributed by atoms with Gasteiger partial charge in [0.05, 0.1) is 19.8 Å². The van der Waals surface area contributed by atoms with Crippen molar-refractivity contribution in [1.29, 1.82) is 0 Å². The Morgan fingerprint density at radius 2 is 1.93 bits per heavy atom. The fraction of sp³-hybridized carbons (Fsp3) is 0.421. The second-order valence-corrected chi connectivity index (χ2v) is 9.88. The maximum Gasteiger partial charge on any atom is 0.258 e. The van der Waals surface area contributed by atoms with Crippen molar-refractivity contribution in [2.75, 3.05) is 32.9 Å². The number of sulfonamides is 1. The molecule has 2 aromatic rings. The second-order valence-electron chi connectivity index (χ2n) is 6.55. The summed E-state index contributed by atoms with van der Waals surface area (Å²) in [5.41, 5.74) is 2.27. The largest absolute Gasteiger partial charge is 0.484 e. The van der Waals surface area contributed by atoms with Crippen LogP contribution in [0.3, 0.4) is 0 Å². The van der Waals surface area contributed by atoms with E-state index < -0.39 is 10.0 Å². The Hall–Kier alpha value is -1.94. The number of nitrogens with zero attached hydrogens (tertiary/aromatic N) is 1. The van der Waals surface area contributed by atoms with Crippen LogP contribution in [0.2, 0.25) is 0 Å². The van der Waals surface area contributed by atoms with Gasteiger partial charge in [0.25, 0.3) is 15.9 Å². The monoisotopic (exact) mass is 424 g/mol. The molecule has 1 aromatic carbocycles. The van der Waals surface area contributed by atoms with E-state index >= 15 is 0 Å². The van der Waals surface area contributed by atoms with Crippen molar-refractivity contribution in [3.05, 3.63) is 46.3 Å². The number of aryl methyl sites for hydroxylation is 2. The average molecular weight is 425 g/mol. The van der Waals surface area contributed by atoms with E-state index in [1.165, 1.54) is 15.6 Å². The van der Waals surface area contributed by atoms with Crippen molar-refractivity contribution in [2.24, 2.45) is 0 Å². The Labute approximate surface area is 169 Å². The minimum absolute atomic E-state index is 0.0905. The lowest BCUT2D eigenvalue weighted by molar-refractivity contribution is -0.123. The molecule has 1 aliphatic heterocycles. The number of amides is 1. The summed E-state index contributed by atoms with van der Waals surface area (Å²) >= 11 is 1.17. The van der Waals surface area contributed by atoms with Crippen LogP contribution in [0.1, 0.15) is 16.0 Å². The van der Waals surface area contributed by atoms with E-state index in [1.54, 1.807) is 12.1 Å². The predicted molar refractivity (Wildman–Crippen MR) is 107 cm³/mol. The first kappa shape index (κ1) is 20.8. The van der Waals surface area contributed by atoms with Crippen molar-refractivity contribution in [3.8, 4) is 5.75 Å². The maximum absolute atomic E-state index is 12.6. The van der Waals surface area contributed by atoms with Crippen LogP contribution >= 0.6 is 11.3 Å². The lowest BCUT2D eigenvalue weighted by Crippen LogP contribution is -2.40. The number of hydrogen-bond acceptors (Lipinski definition) is 6. The number of hydrogen-bond donors (Lipinski definition) is 1. The van der Waals surface area contributed by atoms with Gasteiger partial charge in [0.1, 0.15) is 9.96 Å². The van der Waals surface area contributed by atoms with Crippen molar-refractivity contribution < 1.29 is 22.7 Å². The normalized spacial score (nSPS) is 15.4. The van der Waals surface area contributed by atoms with Gasteiger partial charge in [0.15, 0.2) is 6.61 Å². The van der Waals surface area contributed by atoms with Gasteiger partial charge in [-0.2, -0.15) is 4.31 Å². The van der Waals surface area contributed by atoms with Gasteiger partial charge in [-0.1, -0.05) is 6.07 Å².